The van der Waals surface area contributed by atoms with Gasteiger partial charge in [-0.05, 0) is 51.8 Å². The zero-order valence-electron chi connectivity index (χ0n) is 27.5. The summed E-state index contributed by atoms with van der Waals surface area (Å²) in [5, 5.41) is 15.1. The maximum atomic E-state index is 13.8. The van der Waals surface area contributed by atoms with Gasteiger partial charge in [0.25, 0.3) is 5.91 Å². The summed E-state index contributed by atoms with van der Waals surface area (Å²) in [4.78, 5) is 91.8. The molecule has 2 amide bonds. The summed E-state index contributed by atoms with van der Waals surface area (Å²) in [6.45, 7) is 8.36. The molecule has 0 unspecified atom stereocenters. The smallest absolute Gasteiger partial charge is 0.348 e. The summed E-state index contributed by atoms with van der Waals surface area (Å²) < 4.78 is 22.0. The van der Waals surface area contributed by atoms with E-state index in [1.807, 2.05) is 0 Å². The monoisotopic (exact) mass is 668 g/mol. The fraction of sp³-hybridized carbons (Fsp3) is 0.441. The van der Waals surface area contributed by atoms with Crippen LogP contribution in [0.1, 0.15) is 63.9 Å². The third-order valence-corrected chi connectivity index (χ3v) is 8.00. The van der Waals surface area contributed by atoms with Crippen molar-refractivity contribution in [2.75, 3.05) is 5.32 Å². The number of cyclic esters (lactones) is 4. The molecule has 0 aliphatic carbocycles. The standard InChI is InChI=1S/C34H40N2O12/c1-7-18(2)27-32(43)45-19(3)25(36-29(40)22-14-11-15-23(26(22)38)35-17-37)31(42)46-20(4)30(41)47-24(16-21-12-9-8-10-13-21)28(39)34(5,6)33(44)48-27/h8-15,17-20,24-25,27,38H,7,16H2,1-6H3,(H,35,37)(H,36,40)/t18-,19+,20-,24+,25-,27-/m0/s1. The summed E-state index contributed by atoms with van der Waals surface area (Å²) in [7, 11) is 0. The van der Waals surface area contributed by atoms with E-state index in [-0.39, 0.29) is 24.1 Å². The van der Waals surface area contributed by atoms with E-state index < -0.39 is 83.1 Å². The number of nitrogens with one attached hydrogen (secondary N) is 2. The van der Waals surface area contributed by atoms with Crippen molar-refractivity contribution in [3.63, 3.8) is 0 Å². The quantitative estimate of drug-likeness (QED) is 0.122. The molecule has 1 heterocycles. The Morgan fingerprint density at radius 2 is 1.58 bits per heavy atom. The van der Waals surface area contributed by atoms with Crippen LogP contribution in [0.25, 0.3) is 0 Å². The van der Waals surface area contributed by atoms with E-state index in [0.29, 0.717) is 12.0 Å². The van der Waals surface area contributed by atoms with Gasteiger partial charge in [0.1, 0.15) is 11.5 Å². The Balaban J connectivity index is 2.05. The second-order valence-corrected chi connectivity index (χ2v) is 12.0. The first-order chi connectivity index (χ1) is 22.6. The van der Waals surface area contributed by atoms with Crippen molar-refractivity contribution in [1.29, 1.82) is 0 Å². The molecule has 2 aromatic carbocycles. The maximum absolute atomic E-state index is 13.8. The lowest BCUT2D eigenvalue weighted by Crippen LogP contribution is -2.52. The first kappa shape index (κ1) is 37.2. The third-order valence-electron chi connectivity index (χ3n) is 8.00. The van der Waals surface area contributed by atoms with E-state index >= 15 is 0 Å². The van der Waals surface area contributed by atoms with Crippen molar-refractivity contribution in [3.8, 4) is 5.75 Å². The highest BCUT2D eigenvalue weighted by atomic mass is 16.6. The number of hydrogen-bond donors (Lipinski definition) is 3. The van der Waals surface area contributed by atoms with Crippen LogP contribution in [-0.4, -0.2) is 77.5 Å². The molecule has 0 spiro atoms. The number of anilines is 1. The van der Waals surface area contributed by atoms with Crippen LogP contribution in [0.5, 0.6) is 5.75 Å². The number of aromatic hydroxyl groups is 1. The fourth-order valence-electron chi connectivity index (χ4n) is 4.74. The fourth-order valence-corrected chi connectivity index (χ4v) is 4.74. The molecule has 2 aromatic rings. The van der Waals surface area contributed by atoms with Gasteiger partial charge in [0.15, 0.2) is 29.8 Å². The van der Waals surface area contributed by atoms with Crippen molar-refractivity contribution >= 4 is 47.7 Å². The van der Waals surface area contributed by atoms with Gasteiger partial charge in [0.05, 0.1) is 11.3 Å². The van der Waals surface area contributed by atoms with Crippen molar-refractivity contribution in [2.24, 2.45) is 11.3 Å². The lowest BCUT2D eigenvalue weighted by Gasteiger charge is -2.30. The summed E-state index contributed by atoms with van der Waals surface area (Å²) in [6, 6.07) is 10.7. The molecule has 1 aliphatic rings. The molecule has 3 N–H and O–H groups in total. The van der Waals surface area contributed by atoms with Crippen LogP contribution in [0.2, 0.25) is 0 Å². The minimum absolute atomic E-state index is 0.0983. The molecular weight excluding hydrogens is 628 g/mol. The van der Waals surface area contributed by atoms with E-state index in [2.05, 4.69) is 10.6 Å². The van der Waals surface area contributed by atoms with Crippen molar-refractivity contribution in [1.82, 2.24) is 5.32 Å². The van der Waals surface area contributed by atoms with Gasteiger partial charge in [-0.2, -0.15) is 0 Å². The zero-order valence-corrected chi connectivity index (χ0v) is 27.5. The summed E-state index contributed by atoms with van der Waals surface area (Å²) in [5.74, 6) is -7.58. The topological polar surface area (TPSA) is 201 Å². The number of rotatable bonds is 8. The highest BCUT2D eigenvalue weighted by Gasteiger charge is 2.47. The lowest BCUT2D eigenvalue weighted by molar-refractivity contribution is -0.183. The van der Waals surface area contributed by atoms with Crippen LogP contribution in [0.4, 0.5) is 5.69 Å². The largest absolute Gasteiger partial charge is 0.505 e. The highest BCUT2D eigenvalue weighted by Crippen LogP contribution is 2.29. The maximum Gasteiger partial charge on any atom is 0.348 e. The first-order valence-electron chi connectivity index (χ1n) is 15.4. The van der Waals surface area contributed by atoms with Crippen LogP contribution in [0.15, 0.2) is 48.5 Å². The average molecular weight is 669 g/mol. The molecule has 1 saturated heterocycles. The number of ketones is 1. The summed E-state index contributed by atoms with van der Waals surface area (Å²) in [6.07, 6.45) is -5.66. The number of amides is 2. The van der Waals surface area contributed by atoms with Gasteiger partial charge in [-0.25, -0.2) is 14.4 Å². The highest BCUT2D eigenvalue weighted by molar-refractivity contribution is 6.06. The van der Waals surface area contributed by atoms with Gasteiger partial charge >= 0.3 is 23.9 Å². The summed E-state index contributed by atoms with van der Waals surface area (Å²) >= 11 is 0. The van der Waals surface area contributed by atoms with Crippen LogP contribution < -0.4 is 10.6 Å². The van der Waals surface area contributed by atoms with Crippen LogP contribution in [-0.2, 0) is 54.1 Å². The average Bonchev–Trinajstić information content (AvgIpc) is 3.05. The van der Waals surface area contributed by atoms with Crippen LogP contribution >= 0.6 is 0 Å². The van der Waals surface area contributed by atoms with E-state index in [1.54, 1.807) is 44.2 Å². The van der Waals surface area contributed by atoms with E-state index in [9.17, 15) is 38.7 Å². The molecule has 258 valence electrons. The van der Waals surface area contributed by atoms with Crippen LogP contribution in [0.3, 0.4) is 0 Å². The van der Waals surface area contributed by atoms with Crippen molar-refractivity contribution in [2.45, 2.75) is 84.8 Å². The zero-order chi connectivity index (χ0) is 35.8. The molecule has 0 bridgehead atoms. The molecule has 0 saturated carbocycles. The van der Waals surface area contributed by atoms with Crippen LogP contribution in [0, 0.1) is 11.3 Å². The van der Waals surface area contributed by atoms with Gasteiger partial charge in [0.2, 0.25) is 12.5 Å². The number of phenols is 1. The molecule has 14 nitrogen and oxygen atoms in total. The predicted octanol–water partition coefficient (Wildman–Crippen LogP) is 2.64. The van der Waals surface area contributed by atoms with Crippen molar-refractivity contribution < 1.29 is 57.6 Å². The number of benzene rings is 2. The van der Waals surface area contributed by atoms with Gasteiger partial charge in [-0.1, -0.05) is 50.2 Å². The normalized spacial score (nSPS) is 24.4. The second-order valence-electron chi connectivity index (χ2n) is 12.0. The molecule has 0 radical (unpaired) electrons. The predicted molar refractivity (Wildman–Crippen MR) is 168 cm³/mol. The van der Waals surface area contributed by atoms with Crippen molar-refractivity contribution in [3.05, 3.63) is 59.7 Å². The van der Waals surface area contributed by atoms with Gasteiger partial charge in [0, 0.05) is 12.3 Å². The second kappa shape index (κ2) is 16.0. The number of ether oxygens (including phenoxy) is 4. The minimum Gasteiger partial charge on any atom is -0.505 e. The number of phenolic OH excluding ortho intramolecular Hbond substituents is 1. The number of Topliss-reactive ketones (excluding diaryl/α,β-unsaturated/α-hetero) is 1. The number of para-hydroxylation sites is 1. The molecule has 14 heteroatoms. The van der Waals surface area contributed by atoms with Gasteiger partial charge in [-0.3, -0.25) is 19.2 Å². The SMILES string of the molecule is CC[C@H](C)[C@@H]1OC(=O)C(C)(C)C(=O)[C@@H](Cc2ccccc2)OC(=O)[C@H](C)OC(=O)[C@@H](NC(=O)c2cccc(NC=O)c2O)[C@@H](C)OC1=O. The molecule has 0 aromatic heterocycles. The van der Waals surface area contributed by atoms with E-state index in [0.717, 1.165) is 0 Å². The Hall–Kier alpha value is -5.27. The van der Waals surface area contributed by atoms with E-state index in [4.69, 9.17) is 18.9 Å². The van der Waals surface area contributed by atoms with Gasteiger partial charge < -0.3 is 34.7 Å². The molecule has 6 atom stereocenters. The van der Waals surface area contributed by atoms with E-state index in [1.165, 1.54) is 45.9 Å². The molecule has 1 fully saturated rings. The molecule has 3 rings (SSSR count). The number of esters is 4. The Labute approximate surface area is 277 Å². The Morgan fingerprint density at radius 3 is 2.21 bits per heavy atom. The molecular formula is C34H40N2O12. The van der Waals surface area contributed by atoms with Gasteiger partial charge in [-0.15, -0.1) is 0 Å². The lowest BCUT2D eigenvalue weighted by atomic mass is 9.83. The number of carbonyl (C=O) groups excluding carboxylic acids is 7. The Bertz CT molecular complexity index is 1540. The third kappa shape index (κ3) is 8.75. The first-order valence-corrected chi connectivity index (χ1v) is 15.4. The molecule has 1 aliphatic heterocycles. The Morgan fingerprint density at radius 1 is 0.917 bits per heavy atom. The Kier molecular flexibility index (Phi) is 12.4. The molecule has 48 heavy (non-hydrogen) atoms. The summed E-state index contributed by atoms with van der Waals surface area (Å²) in [5.41, 5.74) is -1.75. The number of hydrogen-bond acceptors (Lipinski definition) is 12. The number of carbonyl (C=O) groups is 7. The minimum atomic E-state index is -1.90.